The fourth-order valence-corrected chi connectivity index (χ4v) is 3.59. The number of amides is 1. The maximum atomic E-state index is 12.8. The molecule has 0 aliphatic carbocycles. The Morgan fingerprint density at radius 2 is 2.00 bits per heavy atom. The van der Waals surface area contributed by atoms with Crippen LogP contribution in [0.5, 0.6) is 11.5 Å². The van der Waals surface area contributed by atoms with Crippen LogP contribution >= 0.6 is 0 Å². The Morgan fingerprint density at radius 1 is 1.23 bits per heavy atom. The highest BCUT2D eigenvalue weighted by molar-refractivity contribution is 5.92. The van der Waals surface area contributed by atoms with Gasteiger partial charge in [-0.3, -0.25) is 9.36 Å². The number of benzene rings is 2. The Bertz CT molecular complexity index is 1070. The summed E-state index contributed by atoms with van der Waals surface area (Å²) in [4.78, 5) is 12.8. The van der Waals surface area contributed by atoms with E-state index in [9.17, 15) is 9.90 Å². The zero-order valence-corrected chi connectivity index (χ0v) is 17.3. The quantitative estimate of drug-likeness (QED) is 0.601. The third-order valence-electron chi connectivity index (χ3n) is 5.02. The number of phenolic OH excluding ortho intramolecular Hbond substituents is 1. The second-order valence-electron chi connectivity index (χ2n) is 7.57. The molecule has 0 saturated heterocycles. The summed E-state index contributed by atoms with van der Waals surface area (Å²) >= 11 is 0. The third kappa shape index (κ3) is 3.68. The van der Waals surface area contributed by atoms with Crippen molar-refractivity contribution >= 4 is 11.6 Å². The van der Waals surface area contributed by atoms with Crippen LogP contribution in [0.2, 0.25) is 0 Å². The van der Waals surface area contributed by atoms with Gasteiger partial charge in [-0.1, -0.05) is 0 Å². The van der Waals surface area contributed by atoms with Crippen molar-refractivity contribution in [2.24, 2.45) is 0 Å². The summed E-state index contributed by atoms with van der Waals surface area (Å²) in [7, 11) is 1.60. The molecule has 30 heavy (non-hydrogen) atoms. The Labute approximate surface area is 174 Å². The Hall–Kier alpha value is -3.55. The van der Waals surface area contributed by atoms with E-state index in [0.29, 0.717) is 22.8 Å². The highest BCUT2D eigenvalue weighted by Crippen LogP contribution is 2.36. The summed E-state index contributed by atoms with van der Waals surface area (Å²) in [5.41, 5.74) is 3.26. The van der Waals surface area contributed by atoms with Gasteiger partial charge < -0.3 is 20.5 Å². The number of phenols is 1. The molecule has 3 N–H and O–H groups in total. The van der Waals surface area contributed by atoms with Crippen LogP contribution < -0.4 is 15.4 Å². The molecule has 8 heteroatoms. The monoisotopic (exact) mass is 407 g/mol. The van der Waals surface area contributed by atoms with E-state index in [1.807, 2.05) is 32.0 Å². The number of anilines is 1. The minimum Gasteiger partial charge on any atom is -0.507 e. The summed E-state index contributed by atoms with van der Waals surface area (Å²) in [6, 6.07) is 10.9. The number of nitrogens with zero attached hydrogens (tertiary/aromatic N) is 3. The molecule has 3 aromatic rings. The zero-order chi connectivity index (χ0) is 21.3. The van der Waals surface area contributed by atoms with E-state index in [1.54, 1.807) is 29.9 Å². The van der Waals surface area contributed by atoms with Crippen molar-refractivity contribution in [1.82, 2.24) is 20.1 Å². The van der Waals surface area contributed by atoms with Crippen LogP contribution in [0, 0.1) is 0 Å². The first-order chi connectivity index (χ1) is 14.5. The third-order valence-corrected chi connectivity index (χ3v) is 5.02. The molecule has 0 spiro atoms. The van der Waals surface area contributed by atoms with Crippen LogP contribution in [-0.4, -0.2) is 45.5 Å². The van der Waals surface area contributed by atoms with Gasteiger partial charge in [0.2, 0.25) is 5.82 Å². The number of fused-ring (bicyclic) bond motifs is 1. The lowest BCUT2D eigenvalue weighted by atomic mass is 9.99. The minimum absolute atomic E-state index is 0.0508. The summed E-state index contributed by atoms with van der Waals surface area (Å²) < 4.78 is 6.91. The van der Waals surface area contributed by atoms with Crippen molar-refractivity contribution in [3.8, 4) is 28.6 Å². The second-order valence-corrected chi connectivity index (χ2v) is 7.57. The number of carbonyl (C=O) groups excluding carboxylic acids is 1. The zero-order valence-electron chi connectivity index (χ0n) is 17.3. The number of hydrogen-bond acceptors (Lipinski definition) is 6. The van der Waals surface area contributed by atoms with E-state index in [4.69, 9.17) is 4.74 Å². The summed E-state index contributed by atoms with van der Waals surface area (Å²) in [5, 5.41) is 25.3. The molecule has 1 amide bonds. The normalized spacial score (nSPS) is 12.9. The van der Waals surface area contributed by atoms with Gasteiger partial charge in [-0.25, -0.2) is 0 Å². The SMILES string of the molecule is COc1ccc(-n2c(C(=O)NC(C)C)nnc2-c2cc3c(cc2O)NCCC3)cc1. The molecule has 156 valence electrons. The van der Waals surface area contributed by atoms with Crippen molar-refractivity contribution in [3.05, 3.63) is 47.8 Å². The molecule has 1 aromatic heterocycles. The van der Waals surface area contributed by atoms with Crippen molar-refractivity contribution < 1.29 is 14.6 Å². The maximum absolute atomic E-state index is 12.8. The standard InChI is InChI=1S/C22H25N5O3/c1-13(2)24-22(29)21-26-25-20(27(21)15-6-8-16(30-3)9-7-15)17-11-14-5-4-10-23-18(14)12-19(17)28/h6-9,11-13,23,28H,4-5,10H2,1-3H3,(H,24,29). The Balaban J connectivity index is 1.88. The average molecular weight is 407 g/mol. The lowest BCUT2D eigenvalue weighted by Crippen LogP contribution is -2.32. The molecule has 2 aromatic carbocycles. The van der Waals surface area contributed by atoms with Gasteiger partial charge in [0.25, 0.3) is 5.91 Å². The number of aromatic nitrogens is 3. The van der Waals surface area contributed by atoms with E-state index < -0.39 is 0 Å². The molecule has 0 unspecified atom stereocenters. The van der Waals surface area contributed by atoms with Crippen LogP contribution in [0.25, 0.3) is 17.1 Å². The van der Waals surface area contributed by atoms with Gasteiger partial charge in [0.1, 0.15) is 11.5 Å². The van der Waals surface area contributed by atoms with Crippen molar-refractivity contribution in [1.29, 1.82) is 0 Å². The second kappa shape index (κ2) is 8.06. The number of rotatable bonds is 5. The van der Waals surface area contributed by atoms with Crippen LogP contribution in [0.3, 0.4) is 0 Å². The van der Waals surface area contributed by atoms with Crippen molar-refractivity contribution in [2.45, 2.75) is 32.7 Å². The van der Waals surface area contributed by atoms with E-state index in [1.165, 1.54) is 0 Å². The molecular formula is C22H25N5O3. The first-order valence-corrected chi connectivity index (χ1v) is 9.98. The van der Waals surface area contributed by atoms with Crippen LogP contribution in [0.4, 0.5) is 5.69 Å². The highest BCUT2D eigenvalue weighted by Gasteiger charge is 2.24. The number of hydrogen-bond donors (Lipinski definition) is 3. The summed E-state index contributed by atoms with van der Waals surface area (Å²) in [6.07, 6.45) is 1.93. The molecule has 8 nitrogen and oxygen atoms in total. The first-order valence-electron chi connectivity index (χ1n) is 9.98. The van der Waals surface area contributed by atoms with Gasteiger partial charge in [0.15, 0.2) is 5.82 Å². The number of nitrogens with one attached hydrogen (secondary N) is 2. The number of methoxy groups -OCH3 is 1. The molecule has 0 radical (unpaired) electrons. The topological polar surface area (TPSA) is 101 Å². The summed E-state index contributed by atoms with van der Waals surface area (Å²) in [5.74, 6) is 1.00. The van der Waals surface area contributed by atoms with Crippen LogP contribution in [0.1, 0.15) is 36.5 Å². The van der Waals surface area contributed by atoms with Gasteiger partial charge in [0.05, 0.1) is 12.7 Å². The summed E-state index contributed by atoms with van der Waals surface area (Å²) in [6.45, 7) is 4.65. The van der Waals surface area contributed by atoms with E-state index in [2.05, 4.69) is 20.8 Å². The molecule has 0 bridgehead atoms. The first kappa shape index (κ1) is 19.8. The number of ether oxygens (including phenoxy) is 1. The van der Waals surface area contributed by atoms with Crippen molar-refractivity contribution in [2.75, 3.05) is 19.0 Å². The minimum atomic E-state index is -0.335. The van der Waals surface area contributed by atoms with E-state index >= 15 is 0 Å². The predicted octanol–water partition coefficient (Wildman–Crippen LogP) is 3.14. The van der Waals surface area contributed by atoms with Crippen molar-refractivity contribution in [3.63, 3.8) is 0 Å². The van der Waals surface area contributed by atoms with Gasteiger partial charge >= 0.3 is 0 Å². The van der Waals surface area contributed by atoms with Crippen LogP contribution in [0.15, 0.2) is 36.4 Å². The fraction of sp³-hybridized carbons (Fsp3) is 0.318. The smallest absolute Gasteiger partial charge is 0.289 e. The fourth-order valence-electron chi connectivity index (χ4n) is 3.59. The molecule has 2 heterocycles. The van der Waals surface area contributed by atoms with Gasteiger partial charge in [-0.05, 0) is 62.6 Å². The van der Waals surface area contributed by atoms with Crippen LogP contribution in [-0.2, 0) is 6.42 Å². The molecule has 1 aliphatic rings. The number of aryl methyl sites for hydroxylation is 1. The lowest BCUT2D eigenvalue weighted by Gasteiger charge is -2.20. The lowest BCUT2D eigenvalue weighted by molar-refractivity contribution is 0.0930. The predicted molar refractivity (Wildman–Crippen MR) is 114 cm³/mol. The molecule has 1 aliphatic heterocycles. The molecular weight excluding hydrogens is 382 g/mol. The van der Waals surface area contributed by atoms with Gasteiger partial charge in [0, 0.05) is 30.0 Å². The molecule has 0 atom stereocenters. The van der Waals surface area contributed by atoms with Gasteiger partial charge in [-0.2, -0.15) is 0 Å². The Kier molecular flexibility index (Phi) is 5.31. The van der Waals surface area contributed by atoms with E-state index in [0.717, 1.165) is 30.6 Å². The van der Waals surface area contributed by atoms with E-state index in [-0.39, 0.29) is 23.5 Å². The Morgan fingerprint density at radius 3 is 2.70 bits per heavy atom. The largest absolute Gasteiger partial charge is 0.507 e. The molecule has 4 rings (SSSR count). The number of carbonyl (C=O) groups is 1. The number of aromatic hydroxyl groups is 1. The molecule has 0 fully saturated rings. The maximum Gasteiger partial charge on any atom is 0.289 e. The average Bonchev–Trinajstić information content (AvgIpc) is 3.18. The highest BCUT2D eigenvalue weighted by atomic mass is 16.5. The molecule has 0 saturated carbocycles. The van der Waals surface area contributed by atoms with Gasteiger partial charge in [-0.15, -0.1) is 10.2 Å².